The minimum absolute atomic E-state index is 0.00958. The van der Waals surface area contributed by atoms with Gasteiger partial charge in [-0.3, -0.25) is 9.59 Å². The first-order valence-corrected chi connectivity index (χ1v) is 13.5. The molecule has 4 heteroatoms. The van der Waals surface area contributed by atoms with E-state index in [1.807, 2.05) is 30.0 Å². The molecule has 1 unspecified atom stereocenters. The van der Waals surface area contributed by atoms with Crippen LogP contribution in [-0.2, 0) is 27.8 Å². The number of rotatable bonds is 10. The topological polar surface area (TPSA) is 49.4 Å². The van der Waals surface area contributed by atoms with Crippen molar-refractivity contribution in [2.24, 2.45) is 0 Å². The third-order valence-electron chi connectivity index (χ3n) is 7.27. The van der Waals surface area contributed by atoms with Crippen LogP contribution in [0.1, 0.15) is 89.3 Å². The summed E-state index contributed by atoms with van der Waals surface area (Å²) in [4.78, 5) is 28.6. The second-order valence-corrected chi connectivity index (χ2v) is 11.0. The fraction of sp³-hybridized carbons (Fsp3) is 0.548. The lowest BCUT2D eigenvalue weighted by molar-refractivity contribution is -0.141. The Morgan fingerprint density at radius 3 is 2.14 bits per heavy atom. The minimum atomic E-state index is -0.420. The van der Waals surface area contributed by atoms with Crippen LogP contribution in [0.15, 0.2) is 54.6 Å². The van der Waals surface area contributed by atoms with Gasteiger partial charge in [-0.05, 0) is 54.2 Å². The molecule has 1 fully saturated rings. The number of carbonyl (C=O) groups excluding carboxylic acids is 2. The van der Waals surface area contributed by atoms with Gasteiger partial charge in [-0.2, -0.15) is 0 Å². The van der Waals surface area contributed by atoms with Crippen LogP contribution >= 0.6 is 0 Å². The van der Waals surface area contributed by atoms with E-state index >= 15 is 0 Å². The molecule has 0 spiro atoms. The number of amides is 2. The summed E-state index contributed by atoms with van der Waals surface area (Å²) in [7, 11) is 0. The van der Waals surface area contributed by atoms with E-state index in [4.69, 9.17) is 0 Å². The monoisotopic (exact) mass is 476 g/mol. The van der Waals surface area contributed by atoms with Gasteiger partial charge in [-0.25, -0.2) is 0 Å². The van der Waals surface area contributed by atoms with Gasteiger partial charge in [-0.15, -0.1) is 0 Å². The van der Waals surface area contributed by atoms with Gasteiger partial charge in [0.25, 0.3) is 0 Å². The number of nitrogens with zero attached hydrogens (tertiary/aromatic N) is 1. The Morgan fingerprint density at radius 1 is 0.914 bits per heavy atom. The predicted octanol–water partition coefficient (Wildman–Crippen LogP) is 6.22. The van der Waals surface area contributed by atoms with Crippen LogP contribution in [0, 0.1) is 0 Å². The summed E-state index contributed by atoms with van der Waals surface area (Å²) in [6, 6.07) is 18.7. The summed E-state index contributed by atoms with van der Waals surface area (Å²) in [6.07, 6.45) is 8.16. The molecule has 1 N–H and O–H groups in total. The van der Waals surface area contributed by atoms with E-state index in [2.05, 4.69) is 62.5 Å². The van der Waals surface area contributed by atoms with Crippen LogP contribution in [0.4, 0.5) is 0 Å². The maximum absolute atomic E-state index is 13.5. The Kier molecular flexibility index (Phi) is 9.94. The summed E-state index contributed by atoms with van der Waals surface area (Å²) in [5, 5.41) is 3.26. The molecule has 1 aliphatic carbocycles. The molecule has 0 aromatic heterocycles. The largest absolute Gasteiger partial charge is 0.352 e. The molecule has 3 rings (SSSR count). The van der Waals surface area contributed by atoms with E-state index in [1.54, 1.807) is 0 Å². The van der Waals surface area contributed by atoms with Crippen LogP contribution in [0.5, 0.6) is 0 Å². The standard InChI is InChI=1S/C31H44N2O2/c1-5-28(30(35)32-27-14-10-7-11-15-27)33(23-22-24-12-8-6-9-13-24)29(34)21-18-25-16-19-26(20-17-25)31(2,3)4/h6,8-9,12-13,16-17,19-20,27-28H,5,7,10-11,14-15,18,21-23H2,1-4H3,(H,32,35). The van der Waals surface area contributed by atoms with Gasteiger partial charge < -0.3 is 10.2 Å². The minimum Gasteiger partial charge on any atom is -0.352 e. The van der Waals surface area contributed by atoms with Crippen molar-refractivity contribution in [1.82, 2.24) is 10.2 Å². The van der Waals surface area contributed by atoms with Gasteiger partial charge in [0.05, 0.1) is 0 Å². The molecular weight excluding hydrogens is 432 g/mol. The molecule has 0 aliphatic heterocycles. The maximum Gasteiger partial charge on any atom is 0.243 e. The van der Waals surface area contributed by atoms with Gasteiger partial charge in [0.1, 0.15) is 6.04 Å². The first-order valence-electron chi connectivity index (χ1n) is 13.5. The fourth-order valence-corrected chi connectivity index (χ4v) is 5.01. The molecule has 1 atom stereocenters. The molecule has 0 bridgehead atoms. The fourth-order valence-electron chi connectivity index (χ4n) is 5.01. The van der Waals surface area contributed by atoms with Crippen molar-refractivity contribution in [2.45, 2.75) is 103 Å². The summed E-state index contributed by atoms with van der Waals surface area (Å²) in [5.41, 5.74) is 3.75. The highest BCUT2D eigenvalue weighted by atomic mass is 16.2. The number of aryl methyl sites for hydroxylation is 1. The summed E-state index contributed by atoms with van der Waals surface area (Å²) in [6.45, 7) is 9.19. The highest BCUT2D eigenvalue weighted by Gasteiger charge is 2.29. The van der Waals surface area contributed by atoms with Crippen LogP contribution in [0.2, 0.25) is 0 Å². The molecule has 0 radical (unpaired) electrons. The number of nitrogens with one attached hydrogen (secondary N) is 1. The van der Waals surface area contributed by atoms with Crippen LogP contribution < -0.4 is 5.32 Å². The van der Waals surface area contributed by atoms with Gasteiger partial charge in [0.15, 0.2) is 0 Å². The highest BCUT2D eigenvalue weighted by molar-refractivity contribution is 5.88. The molecule has 190 valence electrons. The number of benzene rings is 2. The molecule has 1 saturated carbocycles. The lowest BCUT2D eigenvalue weighted by atomic mass is 9.86. The SMILES string of the molecule is CCC(C(=O)NC1CCCCC1)N(CCc1ccccc1)C(=O)CCc1ccc(C(C)(C)C)cc1. The average molecular weight is 477 g/mol. The summed E-state index contributed by atoms with van der Waals surface area (Å²) >= 11 is 0. The van der Waals surface area contributed by atoms with Gasteiger partial charge in [-0.1, -0.05) is 102 Å². The zero-order chi connectivity index (χ0) is 25.3. The van der Waals surface area contributed by atoms with E-state index in [9.17, 15) is 9.59 Å². The predicted molar refractivity (Wildman–Crippen MR) is 144 cm³/mol. The molecule has 2 aromatic carbocycles. The number of hydrogen-bond acceptors (Lipinski definition) is 2. The Hall–Kier alpha value is -2.62. The quantitative estimate of drug-likeness (QED) is 0.443. The first kappa shape index (κ1) is 27.0. The Balaban J connectivity index is 1.69. The average Bonchev–Trinajstić information content (AvgIpc) is 2.86. The molecule has 35 heavy (non-hydrogen) atoms. The van der Waals surface area contributed by atoms with E-state index in [-0.39, 0.29) is 23.3 Å². The van der Waals surface area contributed by atoms with E-state index in [1.165, 1.54) is 30.4 Å². The molecule has 1 aliphatic rings. The van der Waals surface area contributed by atoms with Crippen LogP contribution in [0.25, 0.3) is 0 Å². The molecule has 2 aromatic rings. The zero-order valence-corrected chi connectivity index (χ0v) is 22.2. The van der Waals surface area contributed by atoms with Crippen molar-refractivity contribution in [2.75, 3.05) is 6.54 Å². The highest BCUT2D eigenvalue weighted by Crippen LogP contribution is 2.23. The second kappa shape index (κ2) is 12.9. The molecule has 4 nitrogen and oxygen atoms in total. The molecule has 0 heterocycles. The second-order valence-electron chi connectivity index (χ2n) is 11.0. The summed E-state index contributed by atoms with van der Waals surface area (Å²) < 4.78 is 0. The van der Waals surface area contributed by atoms with E-state index < -0.39 is 6.04 Å². The maximum atomic E-state index is 13.5. The lowest BCUT2D eigenvalue weighted by Gasteiger charge is -2.33. The van der Waals surface area contributed by atoms with Gasteiger partial charge in [0, 0.05) is 19.0 Å². The van der Waals surface area contributed by atoms with Crippen molar-refractivity contribution < 1.29 is 9.59 Å². The van der Waals surface area contributed by atoms with E-state index in [0.717, 1.165) is 24.8 Å². The Morgan fingerprint density at radius 2 is 1.54 bits per heavy atom. The molecule has 2 amide bonds. The van der Waals surface area contributed by atoms with E-state index in [0.29, 0.717) is 25.8 Å². The van der Waals surface area contributed by atoms with Crippen molar-refractivity contribution in [3.05, 3.63) is 71.3 Å². The third-order valence-corrected chi connectivity index (χ3v) is 7.27. The zero-order valence-electron chi connectivity index (χ0n) is 22.2. The van der Waals surface area contributed by atoms with Crippen LogP contribution in [0.3, 0.4) is 0 Å². The first-order chi connectivity index (χ1) is 16.8. The van der Waals surface area contributed by atoms with Gasteiger partial charge in [0.2, 0.25) is 11.8 Å². The van der Waals surface area contributed by atoms with Crippen molar-refractivity contribution >= 4 is 11.8 Å². The molecule has 0 saturated heterocycles. The Labute approximate surface area is 212 Å². The van der Waals surface area contributed by atoms with Crippen molar-refractivity contribution in [1.29, 1.82) is 0 Å². The normalized spacial score (nSPS) is 15.4. The number of hydrogen-bond donors (Lipinski definition) is 1. The molecular formula is C31H44N2O2. The van der Waals surface area contributed by atoms with Crippen molar-refractivity contribution in [3.8, 4) is 0 Å². The smallest absolute Gasteiger partial charge is 0.243 e. The third kappa shape index (κ3) is 8.23. The van der Waals surface area contributed by atoms with Crippen molar-refractivity contribution in [3.63, 3.8) is 0 Å². The van der Waals surface area contributed by atoms with Gasteiger partial charge >= 0.3 is 0 Å². The number of carbonyl (C=O) groups is 2. The summed E-state index contributed by atoms with van der Waals surface area (Å²) in [5.74, 6) is 0.0711. The Bertz CT molecular complexity index is 925. The lowest BCUT2D eigenvalue weighted by Crippen LogP contribution is -2.52. The van der Waals surface area contributed by atoms with Crippen LogP contribution in [-0.4, -0.2) is 35.3 Å².